The summed E-state index contributed by atoms with van der Waals surface area (Å²) in [6, 6.07) is 5.46. The fourth-order valence-electron chi connectivity index (χ4n) is 3.90. The zero-order valence-electron chi connectivity index (χ0n) is 12.7. The first-order valence-corrected chi connectivity index (χ1v) is 7.68. The fourth-order valence-corrected chi connectivity index (χ4v) is 3.90. The summed E-state index contributed by atoms with van der Waals surface area (Å²) in [7, 11) is 0. The maximum absolute atomic E-state index is 12.8. The molecule has 4 nitrogen and oxygen atoms in total. The van der Waals surface area contributed by atoms with Crippen molar-refractivity contribution in [2.75, 3.05) is 6.54 Å². The molecule has 1 aliphatic carbocycles. The van der Waals surface area contributed by atoms with Gasteiger partial charge in [-0.05, 0) is 37.8 Å². The molecule has 2 aliphatic rings. The van der Waals surface area contributed by atoms with Crippen molar-refractivity contribution in [3.63, 3.8) is 0 Å². The minimum atomic E-state index is -0.501. The van der Waals surface area contributed by atoms with Crippen LogP contribution in [-0.2, 0) is 0 Å². The number of rotatable bonds is 2. The summed E-state index contributed by atoms with van der Waals surface area (Å²) in [6.45, 7) is 4.45. The summed E-state index contributed by atoms with van der Waals surface area (Å²) >= 11 is 0. The third kappa shape index (κ3) is 2.09. The molecule has 0 bridgehead atoms. The first-order chi connectivity index (χ1) is 9.98. The number of carbonyl (C=O) groups excluding carboxylic acids is 2. The molecule has 0 radical (unpaired) electrons. The molecule has 21 heavy (non-hydrogen) atoms. The van der Waals surface area contributed by atoms with Crippen molar-refractivity contribution in [1.29, 1.82) is 0 Å². The lowest BCUT2D eigenvalue weighted by molar-refractivity contribution is 0.0291. The Morgan fingerprint density at radius 3 is 2.67 bits per heavy atom. The maximum Gasteiger partial charge on any atom is 0.262 e. The van der Waals surface area contributed by atoms with E-state index in [0.717, 1.165) is 31.2 Å². The first-order valence-electron chi connectivity index (χ1n) is 7.68. The Labute approximate surface area is 125 Å². The van der Waals surface area contributed by atoms with Gasteiger partial charge >= 0.3 is 0 Å². The molecule has 0 aromatic heterocycles. The van der Waals surface area contributed by atoms with Gasteiger partial charge in [0.1, 0.15) is 0 Å². The summed E-state index contributed by atoms with van der Waals surface area (Å²) in [5, 5.41) is 0. The fraction of sp³-hybridized carbons (Fsp3) is 0.529. The van der Waals surface area contributed by atoms with Gasteiger partial charge in [0.2, 0.25) is 0 Å². The van der Waals surface area contributed by atoms with Crippen molar-refractivity contribution >= 4 is 11.8 Å². The van der Waals surface area contributed by atoms with E-state index in [1.54, 1.807) is 6.07 Å². The highest BCUT2D eigenvalue weighted by molar-refractivity contribution is 6.22. The number of carbonyl (C=O) groups is 2. The van der Waals surface area contributed by atoms with Crippen LogP contribution in [0.2, 0.25) is 0 Å². The van der Waals surface area contributed by atoms with Crippen LogP contribution in [0.15, 0.2) is 18.2 Å². The Morgan fingerprint density at radius 1 is 1.29 bits per heavy atom. The van der Waals surface area contributed by atoms with Crippen LogP contribution >= 0.6 is 0 Å². The molecular weight excluding hydrogens is 264 g/mol. The van der Waals surface area contributed by atoms with E-state index in [0.29, 0.717) is 23.6 Å². The minimum Gasteiger partial charge on any atom is -0.328 e. The summed E-state index contributed by atoms with van der Waals surface area (Å²) in [6.07, 6.45) is 3.79. The van der Waals surface area contributed by atoms with Gasteiger partial charge in [0.05, 0.1) is 16.7 Å². The average molecular weight is 286 g/mol. The van der Waals surface area contributed by atoms with Crippen molar-refractivity contribution in [3.8, 4) is 0 Å². The van der Waals surface area contributed by atoms with Crippen LogP contribution in [-0.4, -0.2) is 28.8 Å². The van der Waals surface area contributed by atoms with Crippen LogP contribution in [0, 0.1) is 12.8 Å². The molecular formula is C17H22N2O2. The van der Waals surface area contributed by atoms with Gasteiger partial charge in [0, 0.05) is 6.54 Å². The van der Waals surface area contributed by atoms with E-state index in [1.165, 1.54) is 4.90 Å². The lowest BCUT2D eigenvalue weighted by Gasteiger charge is -2.44. The molecule has 3 rings (SSSR count). The molecule has 2 atom stereocenters. The zero-order chi connectivity index (χ0) is 15.2. The lowest BCUT2D eigenvalue weighted by Crippen LogP contribution is -2.58. The Kier molecular flexibility index (Phi) is 3.36. The van der Waals surface area contributed by atoms with E-state index >= 15 is 0 Å². The molecule has 1 heterocycles. The molecule has 1 saturated carbocycles. The Hall–Kier alpha value is -1.68. The van der Waals surface area contributed by atoms with E-state index in [2.05, 4.69) is 6.92 Å². The van der Waals surface area contributed by atoms with Crippen LogP contribution in [0.4, 0.5) is 0 Å². The second kappa shape index (κ2) is 4.95. The average Bonchev–Trinajstić information content (AvgIpc) is 2.70. The Morgan fingerprint density at radius 2 is 2.00 bits per heavy atom. The third-order valence-electron chi connectivity index (χ3n) is 4.96. The highest BCUT2D eigenvalue weighted by atomic mass is 16.2. The van der Waals surface area contributed by atoms with Gasteiger partial charge in [-0.3, -0.25) is 14.5 Å². The summed E-state index contributed by atoms with van der Waals surface area (Å²) < 4.78 is 0. The van der Waals surface area contributed by atoms with Crippen molar-refractivity contribution in [2.24, 2.45) is 11.7 Å². The molecule has 4 heteroatoms. The third-order valence-corrected chi connectivity index (χ3v) is 4.96. The number of amides is 2. The van der Waals surface area contributed by atoms with Crippen LogP contribution in [0.5, 0.6) is 0 Å². The van der Waals surface area contributed by atoms with Crippen molar-refractivity contribution < 1.29 is 9.59 Å². The quantitative estimate of drug-likeness (QED) is 0.850. The van der Waals surface area contributed by atoms with Gasteiger partial charge in [0.15, 0.2) is 0 Å². The Balaban J connectivity index is 2.04. The standard InChI is InChI=1S/C17H22N2O2/c1-11-5-6-13-14(8-11)16(21)19(15(13)20)17(10-18)7-3-4-12(2)9-17/h5-6,8,12H,3-4,7,9-10,18H2,1-2H3. The van der Waals surface area contributed by atoms with Crippen LogP contribution in [0.1, 0.15) is 58.9 Å². The molecule has 1 aromatic carbocycles. The normalized spacial score (nSPS) is 28.9. The zero-order valence-corrected chi connectivity index (χ0v) is 12.7. The van der Waals surface area contributed by atoms with E-state index < -0.39 is 5.54 Å². The second-order valence-corrected chi connectivity index (χ2v) is 6.62. The monoisotopic (exact) mass is 286 g/mol. The van der Waals surface area contributed by atoms with Crippen molar-refractivity contribution in [2.45, 2.75) is 45.1 Å². The molecule has 2 amide bonds. The number of hydrogen-bond acceptors (Lipinski definition) is 3. The highest BCUT2D eigenvalue weighted by Crippen LogP contribution is 2.40. The molecule has 1 aliphatic heterocycles. The highest BCUT2D eigenvalue weighted by Gasteiger charge is 2.49. The molecule has 2 unspecified atom stereocenters. The van der Waals surface area contributed by atoms with E-state index in [-0.39, 0.29) is 11.8 Å². The maximum atomic E-state index is 12.8. The topological polar surface area (TPSA) is 63.4 Å². The number of nitrogens with zero attached hydrogens (tertiary/aromatic N) is 1. The van der Waals surface area contributed by atoms with Gasteiger partial charge in [-0.25, -0.2) is 0 Å². The van der Waals surface area contributed by atoms with Crippen molar-refractivity contribution in [3.05, 3.63) is 34.9 Å². The number of aryl methyl sites for hydroxylation is 1. The molecule has 1 fully saturated rings. The number of fused-ring (bicyclic) bond motifs is 1. The Bertz CT molecular complexity index is 611. The number of benzene rings is 1. The predicted molar refractivity (Wildman–Crippen MR) is 81.1 cm³/mol. The van der Waals surface area contributed by atoms with Crippen LogP contribution in [0.3, 0.4) is 0 Å². The van der Waals surface area contributed by atoms with Crippen LogP contribution in [0.25, 0.3) is 0 Å². The lowest BCUT2D eigenvalue weighted by atomic mass is 9.75. The molecule has 0 saturated heterocycles. The van der Waals surface area contributed by atoms with Gasteiger partial charge in [-0.2, -0.15) is 0 Å². The first kappa shape index (κ1) is 14.3. The number of imide groups is 1. The second-order valence-electron chi connectivity index (χ2n) is 6.62. The summed E-state index contributed by atoms with van der Waals surface area (Å²) in [5.41, 5.74) is 7.58. The largest absolute Gasteiger partial charge is 0.328 e. The van der Waals surface area contributed by atoms with Gasteiger partial charge in [-0.1, -0.05) is 31.4 Å². The summed E-state index contributed by atoms with van der Waals surface area (Å²) in [4.78, 5) is 27.0. The van der Waals surface area contributed by atoms with E-state index in [9.17, 15) is 9.59 Å². The minimum absolute atomic E-state index is 0.168. The number of hydrogen-bond donors (Lipinski definition) is 1. The van der Waals surface area contributed by atoms with Gasteiger partial charge in [0.25, 0.3) is 11.8 Å². The van der Waals surface area contributed by atoms with E-state index in [1.807, 2.05) is 19.1 Å². The van der Waals surface area contributed by atoms with Crippen molar-refractivity contribution in [1.82, 2.24) is 4.90 Å². The molecule has 1 aromatic rings. The number of nitrogens with two attached hydrogens (primary N) is 1. The van der Waals surface area contributed by atoms with Gasteiger partial charge in [-0.15, -0.1) is 0 Å². The van der Waals surface area contributed by atoms with Crippen LogP contribution < -0.4 is 5.73 Å². The molecule has 0 spiro atoms. The molecule has 2 N–H and O–H groups in total. The molecule has 112 valence electrons. The predicted octanol–water partition coefficient (Wildman–Crippen LogP) is 2.50. The summed E-state index contributed by atoms with van der Waals surface area (Å²) in [5.74, 6) is 0.154. The van der Waals surface area contributed by atoms with Gasteiger partial charge < -0.3 is 5.73 Å². The smallest absolute Gasteiger partial charge is 0.262 e. The van der Waals surface area contributed by atoms with E-state index in [4.69, 9.17) is 5.73 Å². The SMILES string of the molecule is Cc1ccc2c(c1)C(=O)N(C1(CN)CCCC(C)C1)C2=O.